The van der Waals surface area contributed by atoms with Gasteiger partial charge in [0.25, 0.3) is 0 Å². The molecule has 6 unspecified atom stereocenters. The summed E-state index contributed by atoms with van der Waals surface area (Å²) in [6, 6.07) is 0. The Morgan fingerprint density at radius 2 is 0.810 bits per heavy atom. The lowest BCUT2D eigenvalue weighted by molar-refractivity contribution is -0.301. The van der Waals surface area contributed by atoms with E-state index in [0.717, 1.165) is 122 Å². The van der Waals surface area contributed by atoms with Crippen molar-refractivity contribution in [3.05, 3.63) is 122 Å². The summed E-state index contributed by atoms with van der Waals surface area (Å²) in [6.45, 7) is 5.69. The first-order chi connectivity index (χ1) is 38.6. The molecule has 1 saturated heterocycles. The Morgan fingerprint density at radius 3 is 1.25 bits per heavy atom. The lowest BCUT2D eigenvalue weighted by Crippen LogP contribution is -2.61. The smallest absolute Gasteiger partial charge is 0.335 e. The molecule has 3 N–H and O–H groups in total. The van der Waals surface area contributed by atoms with E-state index in [2.05, 4.69) is 130 Å². The fourth-order valence-corrected chi connectivity index (χ4v) is 8.39. The minimum Gasteiger partial charge on any atom is -0.479 e. The molecule has 0 radical (unpaired) electrons. The molecule has 1 rings (SSSR count). The Labute approximate surface area is 478 Å². The lowest BCUT2D eigenvalue weighted by atomic mass is 9.98. The molecule has 1 aliphatic rings. The van der Waals surface area contributed by atoms with Crippen molar-refractivity contribution in [3.8, 4) is 0 Å². The van der Waals surface area contributed by atoms with Gasteiger partial charge in [0.1, 0.15) is 18.8 Å². The summed E-state index contributed by atoms with van der Waals surface area (Å²) in [5.41, 5.74) is 0. The minimum atomic E-state index is -1.93. The molecule has 0 aromatic rings. The molecule has 6 atom stereocenters. The average molecular weight is 1100 g/mol. The van der Waals surface area contributed by atoms with E-state index in [1.54, 1.807) is 0 Å². The van der Waals surface area contributed by atoms with Gasteiger partial charge in [-0.15, -0.1) is 0 Å². The first-order valence-corrected chi connectivity index (χ1v) is 30.5. The van der Waals surface area contributed by atoms with E-state index in [9.17, 15) is 34.5 Å². The van der Waals surface area contributed by atoms with E-state index in [1.807, 2.05) is 12.2 Å². The predicted molar refractivity (Wildman–Crippen MR) is 321 cm³/mol. The van der Waals surface area contributed by atoms with E-state index in [4.69, 9.17) is 23.7 Å². The lowest BCUT2D eigenvalue weighted by Gasteiger charge is -2.40. The van der Waals surface area contributed by atoms with Crippen molar-refractivity contribution in [3.63, 3.8) is 0 Å². The molecule has 0 saturated carbocycles. The number of aliphatic hydroxyl groups is 2. The Morgan fingerprint density at radius 1 is 0.430 bits per heavy atom. The summed E-state index contributed by atoms with van der Waals surface area (Å²) < 4.78 is 28.4. The van der Waals surface area contributed by atoms with Crippen LogP contribution < -0.4 is 0 Å². The molecular weight excluding hydrogens is 997 g/mol. The highest BCUT2D eigenvalue weighted by Gasteiger charge is 2.50. The second kappa shape index (κ2) is 53.7. The number of unbranched alkanes of at least 4 members (excludes halogenated alkanes) is 16. The van der Waals surface area contributed by atoms with E-state index in [1.165, 1.54) is 38.5 Å². The van der Waals surface area contributed by atoms with Crippen LogP contribution in [0.5, 0.6) is 0 Å². The van der Waals surface area contributed by atoms with Crippen molar-refractivity contribution in [1.29, 1.82) is 0 Å². The van der Waals surface area contributed by atoms with Crippen molar-refractivity contribution in [2.75, 3.05) is 13.2 Å². The van der Waals surface area contributed by atoms with Gasteiger partial charge >= 0.3 is 23.9 Å². The number of rotatable bonds is 50. The van der Waals surface area contributed by atoms with Gasteiger partial charge in [-0.2, -0.15) is 0 Å². The van der Waals surface area contributed by atoms with Crippen molar-refractivity contribution in [2.45, 2.75) is 263 Å². The zero-order valence-electron chi connectivity index (χ0n) is 49.1. The molecule has 1 aliphatic heterocycles. The third kappa shape index (κ3) is 43.6. The van der Waals surface area contributed by atoms with Gasteiger partial charge in [-0.25, -0.2) is 4.79 Å². The van der Waals surface area contributed by atoms with Gasteiger partial charge in [-0.3, -0.25) is 14.4 Å². The van der Waals surface area contributed by atoms with Crippen LogP contribution in [0.3, 0.4) is 0 Å². The Balaban J connectivity index is 2.74. The molecule has 0 amide bonds. The number of hydrogen-bond donors (Lipinski definition) is 3. The van der Waals surface area contributed by atoms with E-state index >= 15 is 0 Å². The maximum Gasteiger partial charge on any atom is 0.335 e. The highest BCUT2D eigenvalue weighted by atomic mass is 16.7. The molecule has 446 valence electrons. The molecular formula is C67H106O12. The van der Waals surface area contributed by atoms with Crippen LogP contribution in [0.25, 0.3) is 0 Å². The summed E-state index contributed by atoms with van der Waals surface area (Å²) in [5, 5.41) is 31.5. The second-order valence-electron chi connectivity index (χ2n) is 20.2. The van der Waals surface area contributed by atoms with Gasteiger partial charge in [0.15, 0.2) is 24.6 Å². The molecule has 12 heteroatoms. The molecule has 1 fully saturated rings. The number of carbonyl (C=O) groups excluding carboxylic acids is 3. The summed E-state index contributed by atoms with van der Waals surface area (Å²) >= 11 is 0. The van der Waals surface area contributed by atoms with Gasteiger partial charge in [-0.1, -0.05) is 206 Å². The van der Waals surface area contributed by atoms with Gasteiger partial charge in [-0.05, 0) is 122 Å². The fraction of sp³-hybridized carbons (Fsp3) is 0.642. The number of carboxylic acids is 1. The monoisotopic (exact) mass is 1100 g/mol. The van der Waals surface area contributed by atoms with Crippen LogP contribution in [-0.4, -0.2) is 89.2 Å². The second-order valence-corrected chi connectivity index (χ2v) is 20.2. The van der Waals surface area contributed by atoms with Crippen LogP contribution >= 0.6 is 0 Å². The largest absolute Gasteiger partial charge is 0.479 e. The Bertz CT molecular complexity index is 1840. The number of ether oxygens (including phenoxy) is 5. The number of esters is 3. The van der Waals surface area contributed by atoms with Crippen LogP contribution in [0.2, 0.25) is 0 Å². The number of hydrogen-bond acceptors (Lipinski definition) is 11. The number of carboxylic acid groups (broad SMARTS) is 1. The highest BCUT2D eigenvalue weighted by molar-refractivity contribution is 5.74. The normalized spacial score (nSPS) is 18.7. The van der Waals surface area contributed by atoms with Gasteiger partial charge in [0.2, 0.25) is 0 Å². The highest BCUT2D eigenvalue weighted by Crippen LogP contribution is 2.26. The third-order valence-corrected chi connectivity index (χ3v) is 13.0. The van der Waals surface area contributed by atoms with Crippen molar-refractivity contribution >= 4 is 23.9 Å². The average Bonchev–Trinajstić information content (AvgIpc) is 3.43. The number of aliphatic hydroxyl groups excluding tert-OH is 2. The Kier molecular flexibility index (Phi) is 49.1. The van der Waals surface area contributed by atoms with Crippen LogP contribution in [0.1, 0.15) is 226 Å². The predicted octanol–water partition coefficient (Wildman–Crippen LogP) is 16.0. The van der Waals surface area contributed by atoms with Crippen molar-refractivity contribution < 1.29 is 58.2 Å². The number of carbonyl (C=O) groups is 4. The van der Waals surface area contributed by atoms with Crippen molar-refractivity contribution in [2.24, 2.45) is 0 Å². The van der Waals surface area contributed by atoms with Gasteiger partial charge in [0, 0.05) is 19.3 Å². The maximum atomic E-state index is 13.2. The first-order valence-electron chi connectivity index (χ1n) is 30.5. The molecule has 1 heterocycles. The summed E-state index contributed by atoms with van der Waals surface area (Å²) in [4.78, 5) is 51.2. The molecule has 79 heavy (non-hydrogen) atoms. The van der Waals surface area contributed by atoms with Gasteiger partial charge in [0.05, 0.1) is 6.61 Å². The third-order valence-electron chi connectivity index (χ3n) is 13.0. The molecule has 0 aromatic carbocycles. The van der Waals surface area contributed by atoms with E-state index in [0.29, 0.717) is 25.7 Å². The number of allylic oxidation sites excluding steroid dienone is 20. The summed E-state index contributed by atoms with van der Waals surface area (Å²) in [5.74, 6) is -3.24. The van der Waals surface area contributed by atoms with Crippen LogP contribution in [0.15, 0.2) is 122 Å². The van der Waals surface area contributed by atoms with Crippen LogP contribution in [0.4, 0.5) is 0 Å². The first kappa shape index (κ1) is 72.1. The zero-order valence-corrected chi connectivity index (χ0v) is 49.1. The zero-order chi connectivity index (χ0) is 57.5. The molecule has 0 aliphatic carbocycles. The van der Waals surface area contributed by atoms with E-state index < -0.39 is 67.3 Å². The standard InChI is InChI=1S/C67H106O12/c1-4-7-10-13-16-19-22-25-28-30-33-35-38-41-44-47-50-53-59(68)75-56-58(77-60(69)54-51-48-45-42-39-36-32-27-24-21-18-15-12-9-6-3)57-76-67-65(63(72)62(71)64(79-67)66(73)74)78-61(70)55-52-49-46-43-40-37-34-31-29-26-23-20-17-14-11-8-5-2/h8-9,11-12,16-21,25-29,32,34,37,43,46,58,62-65,67,71-72H,4-7,10,13-15,22-24,30-31,33,35-36,38-42,44-45,47-57H2,1-3H3,(H,73,74)/b11-8-,12-9-,19-16-,20-17-,21-18-,28-25-,29-26-,32-27-,37-34-,46-43-. The maximum absolute atomic E-state index is 13.2. The van der Waals surface area contributed by atoms with Crippen LogP contribution in [-0.2, 0) is 42.9 Å². The quantitative estimate of drug-likeness (QED) is 0.0228. The van der Waals surface area contributed by atoms with E-state index in [-0.39, 0.29) is 25.9 Å². The summed E-state index contributed by atoms with van der Waals surface area (Å²) in [7, 11) is 0. The summed E-state index contributed by atoms with van der Waals surface area (Å²) in [6.07, 6.45) is 61.6. The topological polar surface area (TPSA) is 175 Å². The van der Waals surface area contributed by atoms with Crippen molar-refractivity contribution in [1.82, 2.24) is 0 Å². The SMILES string of the molecule is CC/C=C\C/C=C\C/C=C\C/C=C\C/C=C\CCCC(=O)OC1C(OCC(COC(=O)CCCCCCCCC/C=C\C/C=C\CCCCC)OC(=O)CCCCCCC/C=C\C/C=C\C/C=C\CC)OC(C(=O)O)C(O)C1O. The molecule has 0 bridgehead atoms. The van der Waals surface area contributed by atoms with Crippen LogP contribution in [0, 0.1) is 0 Å². The minimum absolute atomic E-state index is 0.0268. The molecule has 0 aromatic heterocycles. The fourth-order valence-electron chi connectivity index (χ4n) is 8.39. The molecule has 12 nitrogen and oxygen atoms in total. The Hall–Kier alpha value is -4.88. The number of aliphatic carboxylic acids is 1. The van der Waals surface area contributed by atoms with Gasteiger partial charge < -0.3 is 39.0 Å². The molecule has 0 spiro atoms.